The molecule has 0 bridgehead atoms. The summed E-state index contributed by atoms with van der Waals surface area (Å²) in [4.78, 5) is 23.9. The number of fused-ring (bicyclic) bond motifs is 1. The van der Waals surface area contributed by atoms with Crippen molar-refractivity contribution in [2.24, 2.45) is 5.73 Å². The molecule has 0 unspecified atom stereocenters. The SMILES string of the molecule is NCCNCc1ccc(C(=O)N[C@H]2Cc3cccc(C(=O)O)c3O[B-]2(O)O)cc1. The van der Waals surface area contributed by atoms with Crippen molar-refractivity contribution in [3.05, 3.63) is 64.7 Å². The van der Waals surface area contributed by atoms with Crippen LogP contribution in [-0.2, 0) is 13.0 Å². The van der Waals surface area contributed by atoms with E-state index in [0.717, 1.165) is 5.56 Å². The summed E-state index contributed by atoms with van der Waals surface area (Å²) in [6, 6.07) is 11.3. The minimum Gasteiger partial charge on any atom is -0.668 e. The third kappa shape index (κ3) is 4.74. The second-order valence-corrected chi connectivity index (χ2v) is 6.92. The maximum atomic E-state index is 12.6. The van der Waals surface area contributed by atoms with Crippen molar-refractivity contribution in [2.75, 3.05) is 13.1 Å². The maximum Gasteiger partial charge on any atom is 0.452 e. The number of carboxylic acids is 1. The molecule has 7 N–H and O–H groups in total. The smallest absolute Gasteiger partial charge is 0.452 e. The zero-order chi connectivity index (χ0) is 21.0. The fourth-order valence-electron chi connectivity index (χ4n) is 3.22. The number of hydrogen-bond acceptors (Lipinski definition) is 7. The number of para-hydroxylation sites is 1. The van der Waals surface area contributed by atoms with Gasteiger partial charge in [-0.2, -0.15) is 0 Å². The van der Waals surface area contributed by atoms with Gasteiger partial charge in [-0.25, -0.2) is 4.79 Å². The van der Waals surface area contributed by atoms with Gasteiger partial charge in [0.1, 0.15) is 0 Å². The van der Waals surface area contributed by atoms with Crippen LogP contribution in [0, 0.1) is 0 Å². The van der Waals surface area contributed by atoms with Gasteiger partial charge < -0.3 is 36.2 Å². The Morgan fingerprint density at radius 2 is 1.90 bits per heavy atom. The van der Waals surface area contributed by atoms with Crippen LogP contribution in [0.5, 0.6) is 5.75 Å². The lowest BCUT2D eigenvalue weighted by Gasteiger charge is -2.43. The maximum absolute atomic E-state index is 12.6. The number of amides is 1. The summed E-state index contributed by atoms with van der Waals surface area (Å²) in [5.74, 6) is -2.95. The molecule has 154 valence electrons. The minimum atomic E-state index is -3.49. The third-order valence-electron chi connectivity index (χ3n) is 4.77. The van der Waals surface area contributed by atoms with E-state index in [-0.39, 0.29) is 17.7 Å². The lowest BCUT2D eigenvalue weighted by molar-refractivity contribution is 0.0691. The van der Waals surface area contributed by atoms with E-state index in [9.17, 15) is 24.7 Å². The van der Waals surface area contributed by atoms with Gasteiger partial charge in [0.2, 0.25) is 5.91 Å². The molecule has 9 nitrogen and oxygen atoms in total. The highest BCUT2D eigenvalue weighted by atomic mass is 16.6. The first kappa shape index (κ1) is 20.8. The molecule has 0 saturated carbocycles. The van der Waals surface area contributed by atoms with E-state index in [4.69, 9.17) is 10.4 Å². The van der Waals surface area contributed by atoms with Gasteiger partial charge in [0.05, 0.1) is 11.3 Å². The second kappa shape index (κ2) is 8.62. The summed E-state index contributed by atoms with van der Waals surface area (Å²) in [6.45, 7) is -1.65. The van der Waals surface area contributed by atoms with E-state index in [1.165, 1.54) is 12.1 Å². The first-order valence-corrected chi connectivity index (χ1v) is 9.26. The number of carboxylic acid groups (broad SMARTS) is 1. The first-order valence-electron chi connectivity index (χ1n) is 9.26. The third-order valence-corrected chi connectivity index (χ3v) is 4.77. The monoisotopic (exact) mass is 400 g/mol. The Morgan fingerprint density at radius 1 is 1.17 bits per heavy atom. The van der Waals surface area contributed by atoms with Crippen LogP contribution in [0.4, 0.5) is 0 Å². The number of carbonyl (C=O) groups excluding carboxylic acids is 1. The van der Waals surface area contributed by atoms with E-state index in [2.05, 4.69) is 10.6 Å². The van der Waals surface area contributed by atoms with E-state index in [0.29, 0.717) is 30.8 Å². The molecular formula is C19H23BN3O6-. The Morgan fingerprint density at radius 3 is 2.55 bits per heavy atom. The molecule has 10 heteroatoms. The van der Waals surface area contributed by atoms with E-state index in [1.54, 1.807) is 30.3 Å². The molecule has 0 fully saturated rings. The number of hydrogen-bond donors (Lipinski definition) is 6. The molecule has 2 aromatic carbocycles. The van der Waals surface area contributed by atoms with Crippen LogP contribution < -0.4 is 21.0 Å². The van der Waals surface area contributed by atoms with Crippen LogP contribution in [0.2, 0.25) is 0 Å². The predicted molar refractivity (Wildman–Crippen MR) is 106 cm³/mol. The highest BCUT2D eigenvalue weighted by molar-refractivity contribution is 6.61. The van der Waals surface area contributed by atoms with Crippen molar-refractivity contribution in [1.82, 2.24) is 10.6 Å². The van der Waals surface area contributed by atoms with Crippen molar-refractivity contribution in [3.63, 3.8) is 0 Å². The van der Waals surface area contributed by atoms with E-state index in [1.807, 2.05) is 0 Å². The molecule has 3 rings (SSSR count). The number of rotatable bonds is 7. The summed E-state index contributed by atoms with van der Waals surface area (Å²) in [5.41, 5.74) is 7.06. The van der Waals surface area contributed by atoms with Crippen LogP contribution in [-0.4, -0.2) is 52.8 Å². The zero-order valence-corrected chi connectivity index (χ0v) is 15.7. The molecule has 0 aliphatic carbocycles. The molecule has 29 heavy (non-hydrogen) atoms. The fraction of sp³-hybridized carbons (Fsp3) is 0.263. The molecule has 1 aliphatic rings. The summed E-state index contributed by atoms with van der Waals surface area (Å²) < 4.78 is 5.19. The van der Waals surface area contributed by atoms with Gasteiger partial charge >= 0.3 is 12.7 Å². The summed E-state index contributed by atoms with van der Waals surface area (Å²) >= 11 is 0. The highest BCUT2D eigenvalue weighted by Crippen LogP contribution is 2.32. The number of aromatic carboxylic acids is 1. The van der Waals surface area contributed by atoms with Gasteiger partial charge in [0, 0.05) is 31.1 Å². The molecule has 1 atom stereocenters. The average Bonchev–Trinajstić information content (AvgIpc) is 2.68. The van der Waals surface area contributed by atoms with Crippen LogP contribution in [0.15, 0.2) is 42.5 Å². The number of nitrogens with one attached hydrogen (secondary N) is 2. The van der Waals surface area contributed by atoms with Crippen molar-refractivity contribution in [3.8, 4) is 5.75 Å². The highest BCUT2D eigenvalue weighted by Gasteiger charge is 2.41. The Bertz CT molecular complexity index is 903. The van der Waals surface area contributed by atoms with Gasteiger partial charge in [0.15, 0.2) is 0 Å². The van der Waals surface area contributed by atoms with E-state index >= 15 is 0 Å². The van der Waals surface area contributed by atoms with Crippen LogP contribution in [0.1, 0.15) is 31.8 Å². The number of benzene rings is 2. The van der Waals surface area contributed by atoms with Crippen LogP contribution in [0.25, 0.3) is 0 Å². The topological polar surface area (TPSA) is 154 Å². The number of nitrogens with two attached hydrogens (primary N) is 1. The van der Waals surface area contributed by atoms with Crippen molar-refractivity contribution >= 4 is 18.6 Å². The summed E-state index contributed by atoms with van der Waals surface area (Å²) in [5, 5.41) is 35.6. The first-order chi connectivity index (χ1) is 13.8. The van der Waals surface area contributed by atoms with Gasteiger partial charge in [-0.15, -0.1) is 0 Å². The Kier molecular flexibility index (Phi) is 6.19. The molecule has 1 amide bonds. The van der Waals surface area contributed by atoms with Crippen molar-refractivity contribution in [1.29, 1.82) is 0 Å². The standard InChI is InChI=1S/C19H23BN3O6/c21-8-9-22-11-12-4-6-13(7-5-12)18(24)23-16-10-14-2-1-3-15(19(25)26)17(14)29-20(16,27)28/h1-7,16,22,27-28H,8-11,21H2,(H,23,24)(H,25,26)/q-1/t16-/m0/s1. The Labute approximate surface area is 167 Å². The molecular weight excluding hydrogens is 377 g/mol. The lowest BCUT2D eigenvalue weighted by atomic mass is 9.64. The molecule has 0 radical (unpaired) electrons. The predicted octanol–water partition coefficient (Wildman–Crippen LogP) is -0.371. The van der Waals surface area contributed by atoms with Crippen LogP contribution >= 0.6 is 0 Å². The molecule has 2 aromatic rings. The quantitative estimate of drug-likeness (QED) is 0.272. The second-order valence-electron chi connectivity index (χ2n) is 6.92. The largest absolute Gasteiger partial charge is 0.668 e. The molecule has 0 saturated heterocycles. The minimum absolute atomic E-state index is 0.0241. The number of carbonyl (C=O) groups is 2. The molecule has 0 spiro atoms. The van der Waals surface area contributed by atoms with Crippen LogP contribution in [0.3, 0.4) is 0 Å². The normalized spacial score (nSPS) is 17.1. The van der Waals surface area contributed by atoms with Gasteiger partial charge in [-0.05, 0) is 35.7 Å². The lowest BCUT2D eigenvalue weighted by Crippen LogP contribution is -2.64. The molecule has 1 heterocycles. The van der Waals surface area contributed by atoms with Gasteiger partial charge in [0.25, 0.3) is 0 Å². The fourth-order valence-corrected chi connectivity index (χ4v) is 3.22. The van der Waals surface area contributed by atoms with E-state index < -0.39 is 24.6 Å². The Balaban J connectivity index is 1.72. The Hall–Kier alpha value is -2.92. The van der Waals surface area contributed by atoms with Gasteiger partial charge in [-0.1, -0.05) is 24.3 Å². The van der Waals surface area contributed by atoms with Crippen molar-refractivity contribution < 1.29 is 29.4 Å². The summed E-state index contributed by atoms with van der Waals surface area (Å²) in [7, 11) is 0. The molecule has 0 aromatic heterocycles. The zero-order valence-electron chi connectivity index (χ0n) is 15.7. The average molecular weight is 400 g/mol. The molecule has 1 aliphatic heterocycles. The van der Waals surface area contributed by atoms with Gasteiger partial charge in [-0.3, -0.25) is 4.79 Å². The van der Waals surface area contributed by atoms with Crippen molar-refractivity contribution in [2.45, 2.75) is 18.9 Å². The summed E-state index contributed by atoms with van der Waals surface area (Å²) in [6.07, 6.45) is 0.0241.